The Hall–Kier alpha value is -0.160. The highest BCUT2D eigenvalue weighted by Gasteiger charge is 2.13. The van der Waals surface area contributed by atoms with Crippen LogP contribution in [0.5, 0.6) is 0 Å². The maximum Gasteiger partial charge on any atom is 0.157 e. The van der Waals surface area contributed by atoms with E-state index < -0.39 is 0 Å². The summed E-state index contributed by atoms with van der Waals surface area (Å²) >= 11 is 0. The van der Waals surface area contributed by atoms with Gasteiger partial charge in [0.2, 0.25) is 0 Å². The molecule has 0 amide bonds. The van der Waals surface area contributed by atoms with Crippen LogP contribution < -0.4 is 0 Å². The Morgan fingerprint density at radius 2 is 1.88 bits per heavy atom. The van der Waals surface area contributed by atoms with E-state index in [1.807, 2.05) is 0 Å². The van der Waals surface area contributed by atoms with E-state index in [0.29, 0.717) is 0 Å². The number of unbranched alkanes of at least 4 members (excludes halogenated alkanes) is 2. The molecule has 102 valence electrons. The highest BCUT2D eigenvalue weighted by Crippen LogP contribution is 2.13. The van der Waals surface area contributed by atoms with Crippen molar-refractivity contribution in [3.8, 4) is 0 Å². The maximum absolute atomic E-state index is 8.59. The van der Waals surface area contributed by atoms with E-state index in [2.05, 4.69) is 0 Å². The lowest BCUT2D eigenvalue weighted by Gasteiger charge is -2.22. The van der Waals surface area contributed by atoms with Gasteiger partial charge in [0.1, 0.15) is 0 Å². The predicted octanol–water partition coefficient (Wildman–Crippen LogP) is 2.10. The Labute approximate surface area is 104 Å². The quantitative estimate of drug-likeness (QED) is 0.600. The first-order valence-corrected chi connectivity index (χ1v) is 6.85. The largest absolute Gasteiger partial charge is 0.396 e. The number of aliphatic hydroxyl groups excluding tert-OH is 1. The van der Waals surface area contributed by atoms with Gasteiger partial charge in [-0.1, -0.05) is 0 Å². The summed E-state index contributed by atoms with van der Waals surface area (Å²) in [5.74, 6) is 0. The zero-order valence-electron chi connectivity index (χ0n) is 10.7. The molecule has 1 N–H and O–H groups in total. The van der Waals surface area contributed by atoms with Gasteiger partial charge in [0.05, 0.1) is 6.61 Å². The predicted molar refractivity (Wildman–Crippen MR) is 65.9 cm³/mol. The van der Waals surface area contributed by atoms with Crippen molar-refractivity contribution in [2.24, 2.45) is 0 Å². The second kappa shape index (κ2) is 11.0. The SMILES string of the molecule is OCCCCCOCCCOC1CCCCO1. The summed E-state index contributed by atoms with van der Waals surface area (Å²) in [5, 5.41) is 8.59. The first-order valence-electron chi connectivity index (χ1n) is 6.85. The molecule has 1 unspecified atom stereocenters. The van der Waals surface area contributed by atoms with E-state index in [1.165, 1.54) is 6.42 Å². The fourth-order valence-electron chi connectivity index (χ4n) is 1.81. The highest BCUT2D eigenvalue weighted by molar-refractivity contribution is 4.53. The number of hydrogen-bond acceptors (Lipinski definition) is 4. The van der Waals surface area contributed by atoms with Gasteiger partial charge in [0.15, 0.2) is 6.29 Å². The smallest absolute Gasteiger partial charge is 0.157 e. The average Bonchev–Trinajstić information content (AvgIpc) is 2.38. The molecule has 0 radical (unpaired) electrons. The average molecular weight is 246 g/mol. The van der Waals surface area contributed by atoms with Gasteiger partial charge in [-0.2, -0.15) is 0 Å². The minimum atomic E-state index is 0.0216. The molecule has 0 aromatic rings. The molecule has 1 heterocycles. The first kappa shape index (κ1) is 14.9. The van der Waals surface area contributed by atoms with E-state index in [4.69, 9.17) is 19.3 Å². The molecule has 1 fully saturated rings. The van der Waals surface area contributed by atoms with E-state index in [1.54, 1.807) is 0 Å². The van der Waals surface area contributed by atoms with Crippen molar-refractivity contribution >= 4 is 0 Å². The summed E-state index contributed by atoms with van der Waals surface area (Å²) in [6.07, 6.45) is 7.32. The molecular weight excluding hydrogens is 220 g/mol. The van der Waals surface area contributed by atoms with E-state index in [-0.39, 0.29) is 12.9 Å². The van der Waals surface area contributed by atoms with Gasteiger partial charge in [-0.05, 0) is 44.9 Å². The highest BCUT2D eigenvalue weighted by atomic mass is 16.7. The number of hydrogen-bond donors (Lipinski definition) is 1. The molecule has 1 aliphatic heterocycles. The van der Waals surface area contributed by atoms with Crippen LogP contribution >= 0.6 is 0 Å². The number of aliphatic hydroxyl groups is 1. The standard InChI is InChI=1S/C13H26O4/c14-8-3-1-4-9-15-10-6-12-17-13-7-2-5-11-16-13/h13-14H,1-12H2. The molecule has 4 nitrogen and oxygen atoms in total. The Kier molecular flexibility index (Phi) is 9.61. The normalized spacial score (nSPS) is 20.6. The van der Waals surface area contributed by atoms with Gasteiger partial charge in [-0.25, -0.2) is 0 Å². The third-order valence-corrected chi connectivity index (χ3v) is 2.82. The first-order chi connectivity index (χ1) is 8.43. The van der Waals surface area contributed by atoms with Crippen LogP contribution in [0, 0.1) is 0 Å². The molecule has 0 saturated carbocycles. The van der Waals surface area contributed by atoms with Crippen LogP contribution in [-0.2, 0) is 14.2 Å². The molecular formula is C13H26O4. The summed E-state index contributed by atoms with van der Waals surface area (Å²) in [6, 6.07) is 0. The van der Waals surface area contributed by atoms with Gasteiger partial charge < -0.3 is 19.3 Å². The summed E-state index contributed by atoms with van der Waals surface area (Å²) in [4.78, 5) is 0. The van der Waals surface area contributed by atoms with Crippen LogP contribution in [0.15, 0.2) is 0 Å². The lowest BCUT2D eigenvalue weighted by Crippen LogP contribution is -2.23. The Bertz CT molecular complexity index is 157. The maximum atomic E-state index is 8.59. The monoisotopic (exact) mass is 246 g/mol. The van der Waals surface area contributed by atoms with Crippen molar-refractivity contribution in [1.82, 2.24) is 0 Å². The number of rotatable bonds is 10. The number of ether oxygens (including phenoxy) is 3. The van der Waals surface area contributed by atoms with Gasteiger partial charge in [-0.15, -0.1) is 0 Å². The van der Waals surface area contributed by atoms with Crippen LogP contribution in [0.4, 0.5) is 0 Å². The minimum absolute atomic E-state index is 0.0216. The molecule has 0 aromatic carbocycles. The molecule has 0 spiro atoms. The molecule has 1 rings (SSSR count). The molecule has 17 heavy (non-hydrogen) atoms. The fraction of sp³-hybridized carbons (Fsp3) is 1.00. The topological polar surface area (TPSA) is 47.9 Å². The van der Waals surface area contributed by atoms with Crippen molar-refractivity contribution in [2.75, 3.05) is 33.0 Å². The summed E-state index contributed by atoms with van der Waals surface area (Å²) in [5.41, 5.74) is 0. The van der Waals surface area contributed by atoms with E-state index in [9.17, 15) is 0 Å². The fourth-order valence-corrected chi connectivity index (χ4v) is 1.81. The summed E-state index contributed by atoms with van der Waals surface area (Å²) < 4.78 is 16.5. The molecule has 0 aromatic heterocycles. The van der Waals surface area contributed by atoms with Gasteiger partial charge in [0.25, 0.3) is 0 Å². The van der Waals surface area contributed by atoms with Gasteiger partial charge in [-0.3, -0.25) is 0 Å². The van der Waals surface area contributed by atoms with Crippen molar-refractivity contribution < 1.29 is 19.3 Å². The molecule has 1 saturated heterocycles. The van der Waals surface area contributed by atoms with Crippen molar-refractivity contribution in [1.29, 1.82) is 0 Å². The van der Waals surface area contributed by atoms with Crippen LogP contribution in [0.25, 0.3) is 0 Å². The zero-order valence-corrected chi connectivity index (χ0v) is 10.7. The van der Waals surface area contributed by atoms with Crippen LogP contribution in [0.2, 0.25) is 0 Å². The van der Waals surface area contributed by atoms with Crippen LogP contribution in [0.3, 0.4) is 0 Å². The second-order valence-electron chi connectivity index (χ2n) is 4.42. The summed E-state index contributed by atoms with van der Waals surface area (Å²) in [6.45, 7) is 3.40. The van der Waals surface area contributed by atoms with Gasteiger partial charge in [0, 0.05) is 26.4 Å². The third kappa shape index (κ3) is 8.55. The zero-order chi connectivity index (χ0) is 12.2. The molecule has 0 aliphatic carbocycles. The van der Waals surface area contributed by atoms with Gasteiger partial charge >= 0.3 is 0 Å². The molecule has 1 aliphatic rings. The Balaban J connectivity index is 1.75. The van der Waals surface area contributed by atoms with Crippen molar-refractivity contribution in [3.63, 3.8) is 0 Å². The van der Waals surface area contributed by atoms with Crippen LogP contribution in [0.1, 0.15) is 44.9 Å². The van der Waals surface area contributed by atoms with Crippen molar-refractivity contribution in [2.45, 2.75) is 51.2 Å². The minimum Gasteiger partial charge on any atom is -0.396 e. The van der Waals surface area contributed by atoms with E-state index in [0.717, 1.165) is 65.0 Å². The van der Waals surface area contributed by atoms with E-state index >= 15 is 0 Å². The Morgan fingerprint density at radius 3 is 2.65 bits per heavy atom. The molecule has 4 heteroatoms. The molecule has 0 bridgehead atoms. The molecule has 1 atom stereocenters. The third-order valence-electron chi connectivity index (χ3n) is 2.82. The lowest BCUT2D eigenvalue weighted by atomic mass is 10.2. The van der Waals surface area contributed by atoms with Crippen LogP contribution in [-0.4, -0.2) is 44.4 Å². The lowest BCUT2D eigenvalue weighted by molar-refractivity contribution is -0.164. The Morgan fingerprint density at radius 1 is 1.00 bits per heavy atom. The summed E-state index contributed by atoms with van der Waals surface area (Å²) in [7, 11) is 0. The van der Waals surface area contributed by atoms with Crippen molar-refractivity contribution in [3.05, 3.63) is 0 Å². The second-order valence-corrected chi connectivity index (χ2v) is 4.42.